The van der Waals surface area contributed by atoms with Gasteiger partial charge in [0, 0.05) is 0 Å². The molecular weight excluding hydrogens is 284 g/mol. The molecule has 0 amide bonds. The molecule has 4 N–H and O–H groups in total. The highest BCUT2D eigenvalue weighted by atomic mass is 16.5. The third-order valence-electron chi connectivity index (χ3n) is 3.80. The van der Waals surface area contributed by atoms with Crippen molar-refractivity contribution < 1.29 is 29.5 Å². The minimum absolute atomic E-state index is 0.367. The second kappa shape index (κ2) is 11.8. The lowest BCUT2D eigenvalue weighted by molar-refractivity contribution is -1.01. The van der Waals surface area contributed by atoms with E-state index >= 15 is 0 Å². The molecule has 128 valence electrons. The fraction of sp³-hybridized carbons (Fsp3) is 0.750. The Labute approximate surface area is 133 Å². The molecule has 0 bridgehead atoms. The molecule has 1 rings (SSSR count). The summed E-state index contributed by atoms with van der Waals surface area (Å²) >= 11 is 0. The summed E-state index contributed by atoms with van der Waals surface area (Å²) in [6.45, 7) is 14.3. The number of hydrogen-bond donors (Lipinski definition) is 4. The van der Waals surface area contributed by atoms with Gasteiger partial charge in [0.25, 0.3) is 0 Å². The van der Waals surface area contributed by atoms with Crippen molar-refractivity contribution in [2.45, 2.75) is 12.2 Å². The molecule has 6 nitrogen and oxygen atoms in total. The number of quaternary nitrogens is 2. The Hall–Kier alpha value is -0.760. The minimum atomic E-state index is -0.422. The second-order valence-electron chi connectivity index (χ2n) is 5.87. The molecular formula is C16H32N2O4+2. The zero-order valence-electron chi connectivity index (χ0n) is 13.5. The van der Waals surface area contributed by atoms with Crippen LogP contribution in [0.3, 0.4) is 0 Å². The molecule has 0 aliphatic carbocycles. The van der Waals surface area contributed by atoms with E-state index in [-0.39, 0.29) is 0 Å². The van der Waals surface area contributed by atoms with E-state index in [0.29, 0.717) is 26.4 Å². The maximum Gasteiger partial charge on any atom is 0.127 e. The molecule has 1 saturated heterocycles. The van der Waals surface area contributed by atoms with Gasteiger partial charge in [-0.15, -0.1) is 13.2 Å². The third kappa shape index (κ3) is 8.63. The first-order valence-electron chi connectivity index (χ1n) is 8.06. The van der Waals surface area contributed by atoms with Crippen LogP contribution in [0.15, 0.2) is 25.3 Å². The number of aliphatic hydroxyl groups excluding tert-OH is 2. The lowest BCUT2D eigenvalue weighted by atomic mass is 10.2. The van der Waals surface area contributed by atoms with Gasteiger partial charge < -0.3 is 29.5 Å². The van der Waals surface area contributed by atoms with E-state index in [0.717, 1.165) is 39.3 Å². The van der Waals surface area contributed by atoms with E-state index in [9.17, 15) is 10.2 Å². The maximum atomic E-state index is 9.91. The molecule has 0 aromatic rings. The van der Waals surface area contributed by atoms with Crippen LogP contribution in [0, 0.1) is 0 Å². The first-order chi connectivity index (χ1) is 10.7. The van der Waals surface area contributed by atoms with Crippen LogP contribution in [0.25, 0.3) is 0 Å². The van der Waals surface area contributed by atoms with Crippen LogP contribution >= 0.6 is 0 Å². The fourth-order valence-corrected chi connectivity index (χ4v) is 2.72. The van der Waals surface area contributed by atoms with Crippen molar-refractivity contribution >= 4 is 0 Å². The zero-order valence-corrected chi connectivity index (χ0v) is 13.5. The van der Waals surface area contributed by atoms with E-state index in [1.54, 1.807) is 12.2 Å². The Morgan fingerprint density at radius 1 is 0.818 bits per heavy atom. The normalized spacial score (nSPS) is 24.6. The lowest BCUT2D eigenvalue weighted by Gasteiger charge is -2.31. The van der Waals surface area contributed by atoms with Crippen LogP contribution in [-0.2, 0) is 9.47 Å². The standard InChI is InChI=1S/C16H30N2O4/c1-3-9-21-13-15(19)11-17-5-7-18(8-6-17)12-16(20)14-22-10-4-2/h3-4,15-16,19-20H,1-2,5-14H2/p+2/t15-,16-/m0/s1. The van der Waals surface area contributed by atoms with E-state index < -0.39 is 12.2 Å². The predicted octanol–water partition coefficient (Wildman–Crippen LogP) is -3.10. The summed E-state index contributed by atoms with van der Waals surface area (Å²) in [6, 6.07) is 0. The number of nitrogens with one attached hydrogen (secondary N) is 2. The summed E-state index contributed by atoms with van der Waals surface area (Å²) in [5, 5.41) is 19.8. The highest BCUT2D eigenvalue weighted by Gasteiger charge is 2.26. The van der Waals surface area contributed by atoms with Gasteiger partial charge in [-0.2, -0.15) is 0 Å². The summed E-state index contributed by atoms with van der Waals surface area (Å²) in [7, 11) is 0. The Morgan fingerprint density at radius 3 is 1.50 bits per heavy atom. The molecule has 0 aromatic carbocycles. The molecule has 0 unspecified atom stereocenters. The Balaban J connectivity index is 2.12. The molecule has 22 heavy (non-hydrogen) atoms. The van der Waals surface area contributed by atoms with Gasteiger partial charge in [-0.1, -0.05) is 12.2 Å². The Morgan fingerprint density at radius 2 is 1.18 bits per heavy atom. The van der Waals surface area contributed by atoms with Gasteiger partial charge in [-0.05, 0) is 0 Å². The Bertz CT molecular complexity index is 277. The van der Waals surface area contributed by atoms with Crippen LogP contribution in [-0.4, -0.2) is 88.1 Å². The van der Waals surface area contributed by atoms with Crippen molar-refractivity contribution in [3.63, 3.8) is 0 Å². The SMILES string of the molecule is C=CCOC[C@@H](O)C[NH+]1CC[NH+](C[C@H](O)COCC=C)CC1. The average Bonchev–Trinajstić information content (AvgIpc) is 2.50. The Kier molecular flexibility index (Phi) is 10.3. The molecule has 1 aliphatic heterocycles. The van der Waals surface area contributed by atoms with E-state index in [1.807, 2.05) is 0 Å². The van der Waals surface area contributed by atoms with Crippen molar-refractivity contribution in [3.8, 4) is 0 Å². The summed E-state index contributed by atoms with van der Waals surface area (Å²) in [5.74, 6) is 0. The zero-order chi connectivity index (χ0) is 16.2. The molecule has 0 saturated carbocycles. The van der Waals surface area contributed by atoms with Crippen molar-refractivity contribution in [2.24, 2.45) is 0 Å². The van der Waals surface area contributed by atoms with Gasteiger partial charge >= 0.3 is 0 Å². The fourth-order valence-electron chi connectivity index (χ4n) is 2.72. The lowest BCUT2D eigenvalue weighted by Crippen LogP contribution is -3.28. The largest absolute Gasteiger partial charge is 0.385 e. The van der Waals surface area contributed by atoms with Gasteiger partial charge in [0.15, 0.2) is 0 Å². The van der Waals surface area contributed by atoms with Crippen molar-refractivity contribution in [1.29, 1.82) is 0 Å². The molecule has 0 radical (unpaired) electrons. The van der Waals surface area contributed by atoms with Crippen molar-refractivity contribution in [3.05, 3.63) is 25.3 Å². The summed E-state index contributed by atoms with van der Waals surface area (Å²) in [5.41, 5.74) is 0. The topological polar surface area (TPSA) is 67.8 Å². The van der Waals surface area contributed by atoms with Gasteiger partial charge in [0.1, 0.15) is 51.5 Å². The van der Waals surface area contributed by atoms with E-state index in [2.05, 4.69) is 13.2 Å². The molecule has 0 spiro atoms. The molecule has 6 heteroatoms. The van der Waals surface area contributed by atoms with Crippen molar-refractivity contribution in [1.82, 2.24) is 0 Å². The van der Waals surface area contributed by atoms with Crippen LogP contribution in [0.2, 0.25) is 0 Å². The molecule has 0 aromatic heterocycles. The second-order valence-corrected chi connectivity index (χ2v) is 5.87. The van der Waals surface area contributed by atoms with Gasteiger partial charge in [0.2, 0.25) is 0 Å². The predicted molar refractivity (Wildman–Crippen MR) is 85.2 cm³/mol. The number of hydrogen-bond acceptors (Lipinski definition) is 4. The van der Waals surface area contributed by atoms with Gasteiger partial charge in [-0.25, -0.2) is 0 Å². The number of ether oxygens (including phenoxy) is 2. The first-order valence-corrected chi connectivity index (χ1v) is 8.06. The van der Waals surface area contributed by atoms with E-state index in [4.69, 9.17) is 9.47 Å². The molecule has 1 aliphatic rings. The van der Waals surface area contributed by atoms with Crippen molar-refractivity contribution in [2.75, 3.05) is 65.7 Å². The monoisotopic (exact) mass is 316 g/mol. The van der Waals surface area contributed by atoms with Gasteiger partial charge in [0.05, 0.1) is 26.4 Å². The smallest absolute Gasteiger partial charge is 0.127 e. The van der Waals surface area contributed by atoms with E-state index in [1.165, 1.54) is 9.80 Å². The third-order valence-corrected chi connectivity index (χ3v) is 3.80. The molecule has 2 atom stereocenters. The summed E-state index contributed by atoms with van der Waals surface area (Å²) in [6.07, 6.45) is 2.53. The van der Waals surface area contributed by atoms with Crippen LogP contribution in [0.5, 0.6) is 0 Å². The highest BCUT2D eigenvalue weighted by Crippen LogP contribution is 1.84. The maximum absolute atomic E-state index is 9.91. The first kappa shape index (κ1) is 19.3. The summed E-state index contributed by atoms with van der Waals surface area (Å²) in [4.78, 5) is 2.80. The average molecular weight is 316 g/mol. The van der Waals surface area contributed by atoms with Crippen LogP contribution in [0.1, 0.15) is 0 Å². The van der Waals surface area contributed by atoms with Gasteiger partial charge in [-0.3, -0.25) is 0 Å². The summed E-state index contributed by atoms with van der Waals surface area (Å²) < 4.78 is 10.5. The van der Waals surface area contributed by atoms with Crippen LogP contribution < -0.4 is 9.80 Å². The molecule has 1 heterocycles. The van der Waals surface area contributed by atoms with Crippen LogP contribution in [0.4, 0.5) is 0 Å². The quantitative estimate of drug-likeness (QED) is 0.227. The number of rotatable bonds is 12. The molecule has 1 fully saturated rings. The minimum Gasteiger partial charge on any atom is -0.385 e. The highest BCUT2D eigenvalue weighted by molar-refractivity contribution is 4.65. The number of piperazine rings is 1. The number of aliphatic hydroxyl groups is 2.